The summed E-state index contributed by atoms with van der Waals surface area (Å²) < 4.78 is 2.01. The quantitative estimate of drug-likeness (QED) is 0.906. The van der Waals surface area contributed by atoms with Crippen LogP contribution >= 0.6 is 0 Å². The topological polar surface area (TPSA) is 67.2 Å². The third kappa shape index (κ3) is 3.52. The predicted octanol–water partition coefficient (Wildman–Crippen LogP) is 2.25. The highest BCUT2D eigenvalue weighted by Crippen LogP contribution is 2.22. The van der Waals surface area contributed by atoms with Gasteiger partial charge < -0.3 is 14.8 Å². The lowest BCUT2D eigenvalue weighted by atomic mass is 10.1. The van der Waals surface area contributed by atoms with Crippen LogP contribution < -0.4 is 5.32 Å². The third-order valence-corrected chi connectivity index (χ3v) is 4.74. The molecule has 1 aliphatic rings. The SMILES string of the molecule is CC(C)CN1C[C@@H](C(=O)N[C@@H](C)c2nc3ccccc3n2C)CC1=O. The van der Waals surface area contributed by atoms with Crippen molar-refractivity contribution in [2.45, 2.75) is 33.2 Å². The summed E-state index contributed by atoms with van der Waals surface area (Å²) in [4.78, 5) is 31.1. The number of benzene rings is 1. The Hall–Kier alpha value is -2.37. The average molecular weight is 342 g/mol. The first-order valence-corrected chi connectivity index (χ1v) is 8.86. The number of rotatable bonds is 5. The van der Waals surface area contributed by atoms with Crippen molar-refractivity contribution in [1.82, 2.24) is 19.8 Å². The Morgan fingerprint density at radius 1 is 1.32 bits per heavy atom. The highest BCUT2D eigenvalue weighted by atomic mass is 16.2. The smallest absolute Gasteiger partial charge is 0.226 e. The largest absolute Gasteiger partial charge is 0.346 e. The molecule has 2 atom stereocenters. The molecule has 6 nitrogen and oxygen atoms in total. The molecule has 1 aliphatic heterocycles. The Bertz CT molecular complexity index is 796. The molecule has 0 unspecified atom stereocenters. The van der Waals surface area contributed by atoms with Gasteiger partial charge in [-0.25, -0.2) is 4.98 Å². The van der Waals surface area contributed by atoms with E-state index in [-0.39, 0.29) is 23.8 Å². The van der Waals surface area contributed by atoms with Crippen LogP contribution in [0.2, 0.25) is 0 Å². The molecule has 0 aliphatic carbocycles. The van der Waals surface area contributed by atoms with Crippen molar-refractivity contribution < 1.29 is 9.59 Å². The van der Waals surface area contributed by atoms with Gasteiger partial charge >= 0.3 is 0 Å². The molecule has 2 aromatic rings. The molecule has 134 valence electrons. The summed E-state index contributed by atoms with van der Waals surface area (Å²) in [5.41, 5.74) is 1.96. The van der Waals surface area contributed by atoms with Crippen molar-refractivity contribution in [2.75, 3.05) is 13.1 Å². The fourth-order valence-electron chi connectivity index (χ4n) is 3.51. The van der Waals surface area contributed by atoms with E-state index >= 15 is 0 Å². The molecule has 3 rings (SSSR count). The van der Waals surface area contributed by atoms with Gasteiger partial charge in [0.25, 0.3) is 0 Å². The molecule has 25 heavy (non-hydrogen) atoms. The van der Waals surface area contributed by atoms with Gasteiger partial charge in [0.1, 0.15) is 5.82 Å². The molecule has 2 heterocycles. The molecule has 0 bridgehead atoms. The average Bonchev–Trinajstić information content (AvgIpc) is 3.08. The van der Waals surface area contributed by atoms with Crippen LogP contribution in [-0.2, 0) is 16.6 Å². The first kappa shape index (κ1) is 17.5. The molecule has 6 heteroatoms. The molecule has 1 N–H and O–H groups in total. The lowest BCUT2D eigenvalue weighted by molar-refractivity contribution is -0.129. The monoisotopic (exact) mass is 342 g/mol. The normalized spacial score (nSPS) is 19.0. The van der Waals surface area contributed by atoms with Gasteiger partial charge in [0.15, 0.2) is 0 Å². The number of nitrogens with one attached hydrogen (secondary N) is 1. The highest BCUT2D eigenvalue weighted by molar-refractivity contribution is 5.89. The Labute approximate surface area is 148 Å². The van der Waals surface area contributed by atoms with E-state index in [1.807, 2.05) is 42.8 Å². The van der Waals surface area contributed by atoms with Crippen LogP contribution in [0.1, 0.15) is 39.1 Å². The summed E-state index contributed by atoms with van der Waals surface area (Å²) >= 11 is 0. The molecule has 2 amide bonds. The fourth-order valence-corrected chi connectivity index (χ4v) is 3.51. The summed E-state index contributed by atoms with van der Waals surface area (Å²) in [6.07, 6.45) is 0.299. The zero-order chi connectivity index (χ0) is 18.1. The summed E-state index contributed by atoms with van der Waals surface area (Å²) in [5.74, 6) is 0.953. The van der Waals surface area contributed by atoms with E-state index in [1.165, 1.54) is 0 Å². The summed E-state index contributed by atoms with van der Waals surface area (Å²) in [5, 5.41) is 3.03. The standard InChI is InChI=1S/C19H26N4O2/c1-12(2)10-23-11-14(9-17(23)24)19(25)20-13(3)18-21-15-7-5-6-8-16(15)22(18)4/h5-8,12-14H,9-11H2,1-4H3,(H,20,25)/t13-,14-/m0/s1. The van der Waals surface area contributed by atoms with E-state index in [2.05, 4.69) is 24.1 Å². The molecule has 0 radical (unpaired) electrons. The maximum absolute atomic E-state index is 12.6. The van der Waals surface area contributed by atoms with E-state index in [1.54, 1.807) is 4.90 Å². The molecule has 0 saturated carbocycles. The van der Waals surface area contributed by atoms with Crippen LogP contribution in [0.3, 0.4) is 0 Å². The Balaban J connectivity index is 1.68. The van der Waals surface area contributed by atoms with Crippen molar-refractivity contribution in [3.63, 3.8) is 0 Å². The maximum atomic E-state index is 12.6. The van der Waals surface area contributed by atoms with Crippen LogP contribution in [0.25, 0.3) is 11.0 Å². The fraction of sp³-hybridized carbons (Fsp3) is 0.526. The Morgan fingerprint density at radius 3 is 2.72 bits per heavy atom. The van der Waals surface area contributed by atoms with E-state index in [9.17, 15) is 9.59 Å². The summed E-state index contributed by atoms with van der Waals surface area (Å²) in [7, 11) is 1.96. The van der Waals surface area contributed by atoms with Gasteiger partial charge in [-0.05, 0) is 25.0 Å². The van der Waals surface area contributed by atoms with Gasteiger partial charge in [0, 0.05) is 26.6 Å². The number of hydrogen-bond donors (Lipinski definition) is 1. The number of carbonyl (C=O) groups is 2. The molecule has 1 fully saturated rings. The van der Waals surface area contributed by atoms with Crippen molar-refractivity contribution in [2.24, 2.45) is 18.9 Å². The zero-order valence-electron chi connectivity index (χ0n) is 15.3. The number of aryl methyl sites for hydroxylation is 1. The molecule has 1 saturated heterocycles. The van der Waals surface area contributed by atoms with Crippen molar-refractivity contribution in [3.8, 4) is 0 Å². The molecule has 0 spiro atoms. The van der Waals surface area contributed by atoms with Crippen LogP contribution in [0.15, 0.2) is 24.3 Å². The first-order valence-electron chi connectivity index (χ1n) is 8.86. The number of aromatic nitrogens is 2. The lowest BCUT2D eigenvalue weighted by Gasteiger charge is -2.19. The number of nitrogens with zero attached hydrogens (tertiary/aromatic N) is 3. The van der Waals surface area contributed by atoms with Crippen LogP contribution in [0.4, 0.5) is 0 Å². The molecular formula is C19H26N4O2. The molecule has 1 aromatic heterocycles. The Kier molecular flexibility index (Phi) is 4.79. The van der Waals surface area contributed by atoms with E-state index in [0.29, 0.717) is 25.4 Å². The van der Waals surface area contributed by atoms with Crippen LogP contribution in [0, 0.1) is 11.8 Å². The van der Waals surface area contributed by atoms with Crippen molar-refractivity contribution >= 4 is 22.8 Å². The number of carbonyl (C=O) groups excluding carboxylic acids is 2. The zero-order valence-corrected chi connectivity index (χ0v) is 15.3. The second-order valence-electron chi connectivity index (χ2n) is 7.34. The second-order valence-corrected chi connectivity index (χ2v) is 7.34. The van der Waals surface area contributed by atoms with Gasteiger partial charge in [0.2, 0.25) is 11.8 Å². The molecular weight excluding hydrogens is 316 g/mol. The van der Waals surface area contributed by atoms with Gasteiger partial charge in [-0.3, -0.25) is 9.59 Å². The minimum absolute atomic E-state index is 0.0702. The Morgan fingerprint density at radius 2 is 2.04 bits per heavy atom. The van der Waals surface area contributed by atoms with Gasteiger partial charge in [-0.1, -0.05) is 26.0 Å². The lowest BCUT2D eigenvalue weighted by Crippen LogP contribution is -2.36. The maximum Gasteiger partial charge on any atom is 0.226 e. The van der Waals surface area contributed by atoms with Crippen molar-refractivity contribution in [1.29, 1.82) is 0 Å². The molecule has 1 aromatic carbocycles. The van der Waals surface area contributed by atoms with Crippen molar-refractivity contribution in [3.05, 3.63) is 30.1 Å². The minimum atomic E-state index is -0.275. The van der Waals surface area contributed by atoms with Crippen LogP contribution in [0.5, 0.6) is 0 Å². The van der Waals surface area contributed by atoms with E-state index < -0.39 is 0 Å². The van der Waals surface area contributed by atoms with E-state index in [4.69, 9.17) is 0 Å². The number of fused-ring (bicyclic) bond motifs is 1. The van der Waals surface area contributed by atoms with Gasteiger partial charge in [-0.2, -0.15) is 0 Å². The van der Waals surface area contributed by atoms with E-state index in [0.717, 1.165) is 16.9 Å². The number of hydrogen-bond acceptors (Lipinski definition) is 3. The number of para-hydroxylation sites is 2. The number of imidazole rings is 1. The number of amides is 2. The highest BCUT2D eigenvalue weighted by Gasteiger charge is 2.35. The summed E-state index contributed by atoms with van der Waals surface area (Å²) in [6.45, 7) is 7.31. The second kappa shape index (κ2) is 6.86. The predicted molar refractivity (Wildman–Crippen MR) is 96.8 cm³/mol. The number of likely N-dealkylation sites (tertiary alicyclic amines) is 1. The summed E-state index contributed by atoms with van der Waals surface area (Å²) in [6, 6.07) is 7.70. The van der Waals surface area contributed by atoms with Gasteiger partial charge in [-0.15, -0.1) is 0 Å². The first-order chi connectivity index (χ1) is 11.9. The minimum Gasteiger partial charge on any atom is -0.346 e. The van der Waals surface area contributed by atoms with Crippen LogP contribution in [-0.4, -0.2) is 39.4 Å². The van der Waals surface area contributed by atoms with Gasteiger partial charge in [0.05, 0.1) is 23.0 Å². The third-order valence-electron chi connectivity index (χ3n) is 4.74.